The SMILES string of the molecule is COC(=O)Cc1ccc(O)c(C(c2cccnc2)N2CCN(S(=O)(=O)c3ccc(F)cc3)CC2)c1. The molecular formula is C25H26FN3O5S. The van der Waals surface area contributed by atoms with Crippen LogP contribution in [0.3, 0.4) is 0 Å². The van der Waals surface area contributed by atoms with Gasteiger partial charge >= 0.3 is 5.97 Å². The third-order valence-corrected chi connectivity index (χ3v) is 7.97. The highest BCUT2D eigenvalue weighted by Crippen LogP contribution is 2.36. The molecule has 1 unspecified atom stereocenters. The van der Waals surface area contributed by atoms with Crippen LogP contribution in [0.15, 0.2) is 71.9 Å². The number of hydrogen-bond acceptors (Lipinski definition) is 7. The first-order chi connectivity index (χ1) is 16.8. The lowest BCUT2D eigenvalue weighted by atomic mass is 9.94. The standard InChI is InChI=1S/C25H26FN3O5S/c1-34-24(31)16-18-4-9-23(30)22(15-18)25(19-3-2-10-27-17-19)28-11-13-29(14-12-28)35(32,33)21-7-5-20(26)6-8-21/h2-10,15,17,25,30H,11-14,16H2,1H3. The Bertz CT molecular complexity index is 1280. The van der Waals surface area contributed by atoms with E-state index in [4.69, 9.17) is 4.74 Å². The number of rotatable bonds is 7. The number of benzene rings is 2. The van der Waals surface area contributed by atoms with Gasteiger partial charge in [0.2, 0.25) is 10.0 Å². The van der Waals surface area contributed by atoms with Gasteiger partial charge in [0.25, 0.3) is 0 Å². The molecule has 184 valence electrons. The summed E-state index contributed by atoms with van der Waals surface area (Å²) in [6.07, 6.45) is 3.42. The van der Waals surface area contributed by atoms with Gasteiger partial charge in [-0.2, -0.15) is 4.31 Å². The van der Waals surface area contributed by atoms with Gasteiger partial charge in [-0.25, -0.2) is 12.8 Å². The second kappa shape index (κ2) is 10.5. The van der Waals surface area contributed by atoms with Crippen LogP contribution in [0.4, 0.5) is 4.39 Å². The smallest absolute Gasteiger partial charge is 0.309 e. The Kier molecular flexibility index (Phi) is 7.44. The monoisotopic (exact) mass is 499 g/mol. The number of carbonyl (C=O) groups is 1. The fraction of sp³-hybridized carbons (Fsp3) is 0.280. The molecule has 3 aromatic rings. The van der Waals surface area contributed by atoms with Crippen LogP contribution in [0.25, 0.3) is 0 Å². The highest BCUT2D eigenvalue weighted by atomic mass is 32.2. The Hall–Kier alpha value is -3.34. The number of carbonyl (C=O) groups excluding carboxylic acids is 1. The van der Waals surface area contributed by atoms with Crippen LogP contribution in [0.1, 0.15) is 22.7 Å². The van der Waals surface area contributed by atoms with E-state index in [0.717, 1.165) is 17.7 Å². The van der Waals surface area contributed by atoms with Gasteiger partial charge in [0.05, 0.1) is 24.5 Å². The van der Waals surface area contributed by atoms with Gasteiger partial charge in [-0.3, -0.25) is 14.7 Å². The first-order valence-electron chi connectivity index (χ1n) is 11.1. The highest BCUT2D eigenvalue weighted by Gasteiger charge is 2.33. The number of phenolic OH excluding ortho intramolecular Hbond substituents is 1. The topological polar surface area (TPSA) is 100 Å². The number of aromatic nitrogens is 1. The Morgan fingerprint density at radius 2 is 1.83 bits per heavy atom. The fourth-order valence-corrected chi connectivity index (χ4v) is 5.68. The summed E-state index contributed by atoms with van der Waals surface area (Å²) in [6, 6.07) is 13.1. The summed E-state index contributed by atoms with van der Waals surface area (Å²) in [5, 5.41) is 10.7. The molecule has 2 heterocycles. The molecule has 35 heavy (non-hydrogen) atoms. The van der Waals surface area contributed by atoms with Gasteiger partial charge in [0.15, 0.2) is 0 Å². The number of ether oxygens (including phenoxy) is 1. The number of esters is 1. The number of phenols is 1. The molecule has 0 amide bonds. The lowest BCUT2D eigenvalue weighted by Crippen LogP contribution is -2.49. The minimum absolute atomic E-state index is 0.0457. The van der Waals surface area contributed by atoms with Crippen LogP contribution in [0, 0.1) is 5.82 Å². The van der Waals surface area contributed by atoms with Crippen molar-refractivity contribution >= 4 is 16.0 Å². The Morgan fingerprint density at radius 1 is 1.11 bits per heavy atom. The number of methoxy groups -OCH3 is 1. The third-order valence-electron chi connectivity index (χ3n) is 6.05. The Labute approximate surface area is 203 Å². The van der Waals surface area contributed by atoms with E-state index in [2.05, 4.69) is 9.88 Å². The van der Waals surface area contributed by atoms with Crippen molar-refractivity contribution in [2.75, 3.05) is 33.3 Å². The predicted octanol–water partition coefficient (Wildman–Crippen LogP) is 2.74. The first kappa shape index (κ1) is 24.8. The molecule has 0 aliphatic carbocycles. The average molecular weight is 500 g/mol. The van der Waals surface area contributed by atoms with Crippen molar-refractivity contribution < 1.29 is 27.4 Å². The van der Waals surface area contributed by atoms with Crippen molar-refractivity contribution in [2.45, 2.75) is 17.4 Å². The molecule has 8 nitrogen and oxygen atoms in total. The average Bonchev–Trinajstić information content (AvgIpc) is 2.87. The molecule has 0 saturated carbocycles. The first-order valence-corrected chi connectivity index (χ1v) is 12.5. The van der Waals surface area contributed by atoms with E-state index in [9.17, 15) is 22.7 Å². The van der Waals surface area contributed by atoms with E-state index in [1.165, 1.54) is 23.5 Å². The van der Waals surface area contributed by atoms with Crippen LogP contribution in [0.5, 0.6) is 5.75 Å². The minimum atomic E-state index is -3.76. The quantitative estimate of drug-likeness (QED) is 0.499. The van der Waals surface area contributed by atoms with E-state index < -0.39 is 21.9 Å². The maximum absolute atomic E-state index is 13.3. The van der Waals surface area contributed by atoms with Gasteiger partial charge in [0.1, 0.15) is 11.6 Å². The van der Waals surface area contributed by atoms with Gasteiger partial charge in [0, 0.05) is 44.1 Å². The molecule has 1 aliphatic rings. The number of aromatic hydroxyl groups is 1. The zero-order valence-electron chi connectivity index (χ0n) is 19.2. The molecule has 0 spiro atoms. The van der Waals surface area contributed by atoms with E-state index in [1.807, 2.05) is 6.07 Å². The molecule has 1 fully saturated rings. The van der Waals surface area contributed by atoms with Crippen molar-refractivity contribution in [1.29, 1.82) is 0 Å². The number of halogens is 1. The molecule has 0 radical (unpaired) electrons. The molecule has 10 heteroatoms. The van der Waals surface area contributed by atoms with Crippen molar-refractivity contribution in [3.63, 3.8) is 0 Å². The van der Waals surface area contributed by atoms with Gasteiger partial charge in [-0.1, -0.05) is 12.1 Å². The molecule has 1 aromatic heterocycles. The molecular weight excluding hydrogens is 473 g/mol. The summed E-state index contributed by atoms with van der Waals surface area (Å²) in [7, 11) is -2.44. The van der Waals surface area contributed by atoms with Gasteiger partial charge in [-0.15, -0.1) is 0 Å². The second-order valence-corrected chi connectivity index (χ2v) is 10.2. The number of hydrogen-bond donors (Lipinski definition) is 1. The van der Waals surface area contributed by atoms with Gasteiger partial charge < -0.3 is 9.84 Å². The molecule has 0 bridgehead atoms. The van der Waals surface area contributed by atoms with Crippen LogP contribution in [-0.2, 0) is 26.0 Å². The zero-order chi connectivity index (χ0) is 25.0. The summed E-state index contributed by atoms with van der Waals surface area (Å²) >= 11 is 0. The molecule has 1 saturated heterocycles. The van der Waals surface area contributed by atoms with E-state index in [-0.39, 0.29) is 36.1 Å². The van der Waals surface area contributed by atoms with Crippen molar-refractivity contribution in [1.82, 2.24) is 14.2 Å². The Balaban J connectivity index is 1.61. The summed E-state index contributed by atoms with van der Waals surface area (Å²) in [6.45, 7) is 1.22. The molecule has 1 N–H and O–H groups in total. The van der Waals surface area contributed by atoms with Crippen LogP contribution in [0.2, 0.25) is 0 Å². The predicted molar refractivity (Wildman–Crippen MR) is 127 cm³/mol. The Morgan fingerprint density at radius 3 is 2.46 bits per heavy atom. The van der Waals surface area contributed by atoms with Crippen molar-refractivity contribution in [3.05, 3.63) is 89.5 Å². The maximum Gasteiger partial charge on any atom is 0.309 e. The highest BCUT2D eigenvalue weighted by molar-refractivity contribution is 7.89. The molecule has 1 aliphatic heterocycles. The summed E-state index contributed by atoms with van der Waals surface area (Å²) in [5.74, 6) is -0.824. The number of piperazine rings is 1. The van der Waals surface area contributed by atoms with E-state index in [1.54, 1.807) is 36.7 Å². The molecule has 2 aromatic carbocycles. The maximum atomic E-state index is 13.3. The largest absolute Gasteiger partial charge is 0.508 e. The van der Waals surface area contributed by atoms with E-state index in [0.29, 0.717) is 24.2 Å². The number of nitrogens with zero attached hydrogens (tertiary/aromatic N) is 3. The van der Waals surface area contributed by atoms with Crippen LogP contribution in [-0.4, -0.2) is 67.0 Å². The normalized spacial score (nSPS) is 16.1. The summed E-state index contributed by atoms with van der Waals surface area (Å²) in [5.41, 5.74) is 2.11. The second-order valence-electron chi connectivity index (χ2n) is 8.23. The number of sulfonamides is 1. The fourth-order valence-electron chi connectivity index (χ4n) is 4.25. The summed E-state index contributed by atoms with van der Waals surface area (Å²) in [4.78, 5) is 18.1. The minimum Gasteiger partial charge on any atom is -0.508 e. The lowest BCUT2D eigenvalue weighted by Gasteiger charge is -2.39. The lowest BCUT2D eigenvalue weighted by molar-refractivity contribution is -0.139. The van der Waals surface area contributed by atoms with Crippen molar-refractivity contribution in [3.8, 4) is 5.75 Å². The molecule has 1 atom stereocenters. The van der Waals surface area contributed by atoms with Crippen LogP contribution >= 0.6 is 0 Å². The van der Waals surface area contributed by atoms with E-state index >= 15 is 0 Å². The summed E-state index contributed by atoms with van der Waals surface area (Å²) < 4.78 is 45.5. The zero-order valence-corrected chi connectivity index (χ0v) is 20.0. The van der Waals surface area contributed by atoms with Gasteiger partial charge in [-0.05, 0) is 53.6 Å². The van der Waals surface area contributed by atoms with Crippen LogP contribution < -0.4 is 0 Å². The molecule has 4 rings (SSSR count). The number of pyridine rings is 1. The third kappa shape index (κ3) is 5.50. The van der Waals surface area contributed by atoms with Crippen molar-refractivity contribution in [2.24, 2.45) is 0 Å².